The first-order valence-corrected chi connectivity index (χ1v) is 9.27. The fraction of sp³-hybridized carbons (Fsp3) is 0.300. The number of aromatic nitrogens is 3. The first-order valence-electron chi connectivity index (χ1n) is 9.27. The molecular weight excluding hydrogens is 394 g/mol. The summed E-state index contributed by atoms with van der Waals surface area (Å²) in [5, 5.41) is 6.59. The number of rotatable bonds is 4. The molecule has 0 bridgehead atoms. The van der Waals surface area contributed by atoms with E-state index in [2.05, 4.69) is 15.4 Å². The van der Waals surface area contributed by atoms with Crippen molar-refractivity contribution in [1.29, 1.82) is 0 Å². The molecule has 3 aromatic rings. The number of halogens is 1. The Labute approximate surface area is 173 Å². The van der Waals surface area contributed by atoms with Crippen molar-refractivity contribution in [2.24, 2.45) is 0 Å². The Morgan fingerprint density at radius 2 is 1.93 bits per heavy atom. The van der Waals surface area contributed by atoms with Gasteiger partial charge in [0.05, 0.1) is 23.4 Å². The zero-order valence-corrected chi connectivity index (χ0v) is 16.5. The monoisotopic (exact) mass is 415 g/mol. The molecule has 0 spiro atoms. The topological polar surface area (TPSA) is 100 Å². The summed E-state index contributed by atoms with van der Waals surface area (Å²) in [7, 11) is 0. The molecule has 9 heteroatoms. The van der Waals surface area contributed by atoms with Crippen LogP contribution in [0.3, 0.4) is 0 Å². The molecule has 2 aromatic heterocycles. The van der Waals surface area contributed by atoms with Gasteiger partial charge in [-0.1, -0.05) is 18.2 Å². The molecule has 1 unspecified atom stereocenters. The lowest BCUT2D eigenvalue weighted by Crippen LogP contribution is -2.49. The Kier molecular flexibility index (Phi) is 6.46. The second-order valence-electron chi connectivity index (χ2n) is 6.79. The minimum Gasteiger partial charge on any atom is -0.333 e. The number of piperazine rings is 1. The van der Waals surface area contributed by atoms with Crippen molar-refractivity contribution in [2.45, 2.75) is 19.0 Å². The van der Waals surface area contributed by atoms with Gasteiger partial charge in [-0.25, -0.2) is 4.68 Å². The normalized spacial score (nSPS) is 16.4. The third kappa shape index (κ3) is 4.23. The van der Waals surface area contributed by atoms with E-state index in [4.69, 9.17) is 0 Å². The highest BCUT2D eigenvalue weighted by molar-refractivity contribution is 5.85. The Morgan fingerprint density at radius 1 is 1.14 bits per heavy atom. The van der Waals surface area contributed by atoms with Gasteiger partial charge in [0.1, 0.15) is 0 Å². The lowest BCUT2D eigenvalue weighted by molar-refractivity contribution is -0.134. The van der Waals surface area contributed by atoms with Crippen LogP contribution in [0.15, 0.2) is 58.4 Å². The number of carbonyl (C=O) groups excluding carboxylic acids is 1. The van der Waals surface area contributed by atoms with Gasteiger partial charge in [0, 0.05) is 38.4 Å². The number of nitrogens with one attached hydrogen (secondary N) is 2. The van der Waals surface area contributed by atoms with Crippen LogP contribution in [0.4, 0.5) is 0 Å². The maximum absolute atomic E-state index is 12.9. The molecule has 1 atom stereocenters. The standard InChI is InChI=1S/C20H21N5O3.ClH/c26-18(24-11-9-22-13-17(24)14-4-3-8-21-12-14)7-10-25-20(28)16-6-2-1-5-15(16)19(27)23-25;/h1-6,8,12,17,22H,7,9-11,13H2,(H,23,27);1H. The Hall–Kier alpha value is -2.97. The van der Waals surface area contributed by atoms with E-state index >= 15 is 0 Å². The maximum Gasteiger partial charge on any atom is 0.273 e. The number of nitrogens with zero attached hydrogens (tertiary/aromatic N) is 3. The molecule has 2 N–H and O–H groups in total. The highest BCUT2D eigenvalue weighted by atomic mass is 35.5. The van der Waals surface area contributed by atoms with E-state index < -0.39 is 0 Å². The highest BCUT2D eigenvalue weighted by Crippen LogP contribution is 2.22. The molecule has 0 radical (unpaired) electrons. The summed E-state index contributed by atoms with van der Waals surface area (Å²) in [5.74, 6) is -0.0590. The summed E-state index contributed by atoms with van der Waals surface area (Å²) in [6.07, 6.45) is 3.60. The van der Waals surface area contributed by atoms with Crippen molar-refractivity contribution in [3.05, 3.63) is 75.1 Å². The first-order chi connectivity index (χ1) is 13.6. The number of hydrogen-bond acceptors (Lipinski definition) is 5. The van der Waals surface area contributed by atoms with E-state index in [0.29, 0.717) is 23.9 Å². The molecule has 3 heterocycles. The summed E-state index contributed by atoms with van der Waals surface area (Å²) < 4.78 is 1.23. The lowest BCUT2D eigenvalue weighted by atomic mass is 10.0. The summed E-state index contributed by atoms with van der Waals surface area (Å²) >= 11 is 0. The Balaban J connectivity index is 0.00000240. The summed E-state index contributed by atoms with van der Waals surface area (Å²) in [5.41, 5.74) is 0.338. The highest BCUT2D eigenvalue weighted by Gasteiger charge is 2.27. The number of hydrogen-bond donors (Lipinski definition) is 2. The van der Waals surface area contributed by atoms with Crippen molar-refractivity contribution in [3.8, 4) is 0 Å². The number of carbonyl (C=O) groups is 1. The molecular formula is C20H22ClN5O3. The number of benzene rings is 1. The van der Waals surface area contributed by atoms with Crippen LogP contribution in [0.1, 0.15) is 18.0 Å². The fourth-order valence-electron chi connectivity index (χ4n) is 3.63. The predicted molar refractivity (Wildman–Crippen MR) is 112 cm³/mol. The summed E-state index contributed by atoms with van der Waals surface area (Å²) in [6.45, 7) is 2.09. The number of amides is 1. The average molecular weight is 416 g/mol. The van der Waals surface area contributed by atoms with Crippen LogP contribution in [0.5, 0.6) is 0 Å². The molecule has 1 fully saturated rings. The number of pyridine rings is 1. The van der Waals surface area contributed by atoms with E-state index in [1.54, 1.807) is 36.7 Å². The number of aryl methyl sites for hydroxylation is 1. The van der Waals surface area contributed by atoms with Gasteiger partial charge in [-0.3, -0.25) is 24.5 Å². The third-order valence-electron chi connectivity index (χ3n) is 5.07. The molecule has 1 aliphatic rings. The van der Waals surface area contributed by atoms with Crippen molar-refractivity contribution in [3.63, 3.8) is 0 Å². The van der Waals surface area contributed by atoms with E-state index in [-0.39, 0.29) is 48.4 Å². The largest absolute Gasteiger partial charge is 0.333 e. The molecule has 152 valence electrons. The van der Waals surface area contributed by atoms with Crippen LogP contribution >= 0.6 is 12.4 Å². The van der Waals surface area contributed by atoms with Crippen LogP contribution in [0, 0.1) is 0 Å². The van der Waals surface area contributed by atoms with Gasteiger partial charge >= 0.3 is 0 Å². The molecule has 0 saturated carbocycles. The maximum atomic E-state index is 12.9. The van der Waals surface area contributed by atoms with Gasteiger partial charge in [-0.05, 0) is 23.8 Å². The smallest absolute Gasteiger partial charge is 0.273 e. The predicted octanol–water partition coefficient (Wildman–Crippen LogP) is 1.07. The molecule has 4 rings (SSSR count). The van der Waals surface area contributed by atoms with E-state index in [9.17, 15) is 14.4 Å². The zero-order valence-electron chi connectivity index (χ0n) is 15.7. The van der Waals surface area contributed by atoms with Gasteiger partial charge < -0.3 is 10.2 Å². The number of H-pyrrole nitrogens is 1. The van der Waals surface area contributed by atoms with E-state index in [1.165, 1.54) is 4.68 Å². The van der Waals surface area contributed by atoms with Crippen molar-refractivity contribution >= 4 is 29.1 Å². The number of fused-ring (bicyclic) bond motifs is 1. The van der Waals surface area contributed by atoms with Gasteiger partial charge in [0.2, 0.25) is 5.91 Å². The third-order valence-corrected chi connectivity index (χ3v) is 5.07. The van der Waals surface area contributed by atoms with Crippen LogP contribution in [-0.2, 0) is 11.3 Å². The van der Waals surface area contributed by atoms with Crippen LogP contribution < -0.4 is 16.4 Å². The second-order valence-corrected chi connectivity index (χ2v) is 6.79. The van der Waals surface area contributed by atoms with Gasteiger partial charge in [-0.2, -0.15) is 0 Å². The Bertz CT molecular complexity index is 1110. The lowest BCUT2D eigenvalue weighted by Gasteiger charge is -2.36. The van der Waals surface area contributed by atoms with Crippen LogP contribution in [-0.4, -0.2) is 45.2 Å². The van der Waals surface area contributed by atoms with Crippen molar-refractivity contribution in [2.75, 3.05) is 19.6 Å². The Morgan fingerprint density at radius 3 is 2.69 bits per heavy atom. The molecule has 0 aliphatic carbocycles. The summed E-state index contributed by atoms with van der Waals surface area (Å²) in [4.78, 5) is 43.7. The first kappa shape index (κ1) is 20.8. The molecule has 1 amide bonds. The molecule has 8 nitrogen and oxygen atoms in total. The second kappa shape index (κ2) is 9.02. The number of aromatic amines is 1. The van der Waals surface area contributed by atoms with E-state index in [1.807, 2.05) is 17.0 Å². The van der Waals surface area contributed by atoms with Gasteiger partial charge in [0.15, 0.2) is 0 Å². The van der Waals surface area contributed by atoms with E-state index in [0.717, 1.165) is 12.1 Å². The fourth-order valence-corrected chi connectivity index (χ4v) is 3.63. The van der Waals surface area contributed by atoms with Crippen LogP contribution in [0.2, 0.25) is 0 Å². The molecule has 29 heavy (non-hydrogen) atoms. The SMILES string of the molecule is Cl.O=C(CCn1[nH]c(=O)c2ccccc2c1=O)N1CCNCC1c1cccnc1. The van der Waals surface area contributed by atoms with Crippen LogP contribution in [0.25, 0.3) is 10.8 Å². The average Bonchev–Trinajstić information content (AvgIpc) is 2.75. The van der Waals surface area contributed by atoms with Gasteiger partial charge in [0.25, 0.3) is 11.1 Å². The summed E-state index contributed by atoms with van der Waals surface area (Å²) in [6, 6.07) is 10.4. The zero-order chi connectivity index (χ0) is 19.5. The molecule has 1 aromatic carbocycles. The molecule has 1 aliphatic heterocycles. The molecule has 1 saturated heterocycles. The van der Waals surface area contributed by atoms with Gasteiger partial charge in [-0.15, -0.1) is 12.4 Å². The van der Waals surface area contributed by atoms with Crippen molar-refractivity contribution in [1.82, 2.24) is 25.0 Å². The minimum absolute atomic E-state index is 0. The van der Waals surface area contributed by atoms with Crippen molar-refractivity contribution < 1.29 is 4.79 Å². The quantitative estimate of drug-likeness (QED) is 0.664. The minimum atomic E-state index is -0.335.